The van der Waals surface area contributed by atoms with Crippen LogP contribution in [0, 0.1) is 0 Å². The first-order valence-electron chi connectivity index (χ1n) is 7.16. The minimum atomic E-state index is -1.58. The highest BCUT2D eigenvalue weighted by Crippen LogP contribution is 2.36. The Hall–Kier alpha value is -1.39. The van der Waals surface area contributed by atoms with Gasteiger partial charge in [-0.15, -0.1) is 0 Å². The van der Waals surface area contributed by atoms with Gasteiger partial charge in [0.2, 0.25) is 0 Å². The monoisotopic (exact) mass is 279 g/mol. The summed E-state index contributed by atoms with van der Waals surface area (Å²) in [7, 11) is 0. The molecule has 2 aromatic rings. The second-order valence-corrected chi connectivity index (χ2v) is 5.08. The molecule has 0 aliphatic rings. The van der Waals surface area contributed by atoms with Crippen molar-refractivity contribution < 1.29 is 13.9 Å². The first-order chi connectivity index (χ1) is 9.65. The standard InChI is InChI=1S/C16H22FNO2/c1-3-8-16(17,15(11-19)18-4-2)13-5-6-14-12(10-13)7-9-20-14/h5-7,9-10,15,18-19H,3-4,8,11H2,1-2H3. The lowest BCUT2D eigenvalue weighted by atomic mass is 9.84. The van der Waals surface area contributed by atoms with Gasteiger partial charge in [-0.1, -0.05) is 26.3 Å². The lowest BCUT2D eigenvalue weighted by molar-refractivity contribution is 0.0556. The predicted octanol–water partition coefficient (Wildman–Crippen LogP) is 3.37. The van der Waals surface area contributed by atoms with Crippen molar-refractivity contribution in [3.63, 3.8) is 0 Å². The van der Waals surface area contributed by atoms with Gasteiger partial charge in [0.15, 0.2) is 5.67 Å². The molecular formula is C16H22FNO2. The van der Waals surface area contributed by atoms with Gasteiger partial charge in [-0.2, -0.15) is 0 Å². The molecule has 2 unspecified atom stereocenters. The van der Waals surface area contributed by atoms with E-state index >= 15 is 4.39 Å². The van der Waals surface area contributed by atoms with Gasteiger partial charge in [-0.05, 0) is 36.7 Å². The molecule has 0 aliphatic carbocycles. The number of aliphatic hydroxyl groups excluding tert-OH is 1. The summed E-state index contributed by atoms with van der Waals surface area (Å²) < 4.78 is 20.8. The molecular weight excluding hydrogens is 257 g/mol. The van der Waals surface area contributed by atoms with E-state index in [1.54, 1.807) is 18.4 Å². The smallest absolute Gasteiger partial charge is 0.153 e. The van der Waals surface area contributed by atoms with Crippen LogP contribution in [0.15, 0.2) is 34.9 Å². The van der Waals surface area contributed by atoms with Crippen LogP contribution in [0.4, 0.5) is 4.39 Å². The molecule has 0 radical (unpaired) electrons. The highest BCUT2D eigenvalue weighted by molar-refractivity contribution is 5.78. The third kappa shape index (κ3) is 2.72. The first-order valence-corrected chi connectivity index (χ1v) is 7.16. The summed E-state index contributed by atoms with van der Waals surface area (Å²) in [5.41, 5.74) is -0.241. The second kappa shape index (κ2) is 6.37. The van der Waals surface area contributed by atoms with E-state index in [9.17, 15) is 5.11 Å². The number of fused-ring (bicyclic) bond motifs is 1. The zero-order valence-corrected chi connectivity index (χ0v) is 12.0. The van der Waals surface area contributed by atoms with E-state index < -0.39 is 11.7 Å². The molecule has 0 aliphatic heterocycles. The van der Waals surface area contributed by atoms with E-state index in [4.69, 9.17) is 4.42 Å². The van der Waals surface area contributed by atoms with Crippen molar-refractivity contribution in [3.8, 4) is 0 Å². The number of likely N-dealkylation sites (N-methyl/N-ethyl adjacent to an activating group) is 1. The molecule has 1 aromatic heterocycles. The summed E-state index contributed by atoms with van der Waals surface area (Å²) in [6.45, 7) is 4.25. The highest BCUT2D eigenvalue weighted by Gasteiger charge is 2.39. The Balaban J connectivity index is 2.43. The Bertz CT molecular complexity index is 554. The molecule has 0 spiro atoms. The SMILES string of the molecule is CCCC(F)(c1ccc2occc2c1)C(CO)NCC. The summed E-state index contributed by atoms with van der Waals surface area (Å²) in [5.74, 6) is 0. The number of alkyl halides is 1. The van der Waals surface area contributed by atoms with E-state index in [-0.39, 0.29) is 6.61 Å². The van der Waals surface area contributed by atoms with Crippen LogP contribution >= 0.6 is 0 Å². The van der Waals surface area contributed by atoms with Crippen molar-refractivity contribution in [1.29, 1.82) is 0 Å². The quantitative estimate of drug-likeness (QED) is 0.817. The third-order valence-corrected chi connectivity index (χ3v) is 3.73. The maximum atomic E-state index is 15.6. The molecule has 20 heavy (non-hydrogen) atoms. The van der Waals surface area contributed by atoms with Crippen LogP contribution < -0.4 is 5.32 Å². The van der Waals surface area contributed by atoms with Gasteiger partial charge < -0.3 is 14.8 Å². The fourth-order valence-electron chi connectivity index (χ4n) is 2.73. The Labute approximate surface area is 118 Å². The van der Waals surface area contributed by atoms with Crippen molar-refractivity contribution in [2.75, 3.05) is 13.2 Å². The Morgan fingerprint density at radius 1 is 1.35 bits per heavy atom. The minimum absolute atomic E-state index is 0.228. The Morgan fingerprint density at radius 2 is 2.15 bits per heavy atom. The highest BCUT2D eigenvalue weighted by atomic mass is 19.1. The average molecular weight is 279 g/mol. The van der Waals surface area contributed by atoms with Crippen LogP contribution in [-0.4, -0.2) is 24.3 Å². The number of hydrogen-bond acceptors (Lipinski definition) is 3. The predicted molar refractivity (Wildman–Crippen MR) is 78.5 cm³/mol. The molecule has 0 saturated carbocycles. The number of hydrogen-bond donors (Lipinski definition) is 2. The number of rotatable bonds is 7. The molecule has 0 bridgehead atoms. The molecule has 0 saturated heterocycles. The summed E-state index contributed by atoms with van der Waals surface area (Å²) in [5, 5.41) is 13.5. The van der Waals surface area contributed by atoms with Gasteiger partial charge >= 0.3 is 0 Å². The zero-order valence-electron chi connectivity index (χ0n) is 12.0. The zero-order chi connectivity index (χ0) is 14.6. The molecule has 1 heterocycles. The fourth-order valence-corrected chi connectivity index (χ4v) is 2.73. The van der Waals surface area contributed by atoms with E-state index in [2.05, 4.69) is 5.32 Å². The number of nitrogens with one attached hydrogen (secondary N) is 1. The van der Waals surface area contributed by atoms with Crippen LogP contribution in [0.5, 0.6) is 0 Å². The fraction of sp³-hybridized carbons (Fsp3) is 0.500. The summed E-state index contributed by atoms with van der Waals surface area (Å²) in [4.78, 5) is 0. The number of furan rings is 1. The average Bonchev–Trinajstić information content (AvgIpc) is 2.92. The van der Waals surface area contributed by atoms with Crippen LogP contribution in [-0.2, 0) is 5.67 Å². The summed E-state index contributed by atoms with van der Waals surface area (Å²) >= 11 is 0. The minimum Gasteiger partial charge on any atom is -0.464 e. The molecule has 2 N–H and O–H groups in total. The van der Waals surface area contributed by atoms with Gasteiger partial charge in [0, 0.05) is 5.39 Å². The molecule has 0 amide bonds. The molecule has 4 heteroatoms. The van der Waals surface area contributed by atoms with E-state index in [0.717, 1.165) is 11.0 Å². The van der Waals surface area contributed by atoms with Crippen LogP contribution in [0.3, 0.4) is 0 Å². The van der Waals surface area contributed by atoms with Crippen molar-refractivity contribution in [3.05, 3.63) is 36.1 Å². The molecule has 0 fully saturated rings. The largest absolute Gasteiger partial charge is 0.464 e. The molecule has 1 aromatic carbocycles. The van der Waals surface area contributed by atoms with Crippen LogP contribution in [0.25, 0.3) is 11.0 Å². The second-order valence-electron chi connectivity index (χ2n) is 5.08. The third-order valence-electron chi connectivity index (χ3n) is 3.73. The van der Waals surface area contributed by atoms with E-state index in [0.29, 0.717) is 24.9 Å². The summed E-state index contributed by atoms with van der Waals surface area (Å²) in [6.07, 6.45) is 2.68. The van der Waals surface area contributed by atoms with Gasteiger partial charge in [-0.3, -0.25) is 0 Å². The maximum absolute atomic E-state index is 15.6. The molecule has 3 nitrogen and oxygen atoms in total. The molecule has 2 rings (SSSR count). The first kappa shape index (κ1) is 15.0. The summed E-state index contributed by atoms with van der Waals surface area (Å²) in [6, 6.07) is 6.58. The van der Waals surface area contributed by atoms with Crippen LogP contribution in [0.1, 0.15) is 32.3 Å². The number of aliphatic hydroxyl groups is 1. The van der Waals surface area contributed by atoms with Crippen molar-refractivity contribution >= 4 is 11.0 Å². The number of halogens is 1. The van der Waals surface area contributed by atoms with Crippen molar-refractivity contribution in [1.82, 2.24) is 5.32 Å². The lowest BCUT2D eigenvalue weighted by Gasteiger charge is -2.33. The van der Waals surface area contributed by atoms with Crippen LogP contribution in [0.2, 0.25) is 0 Å². The van der Waals surface area contributed by atoms with Gasteiger partial charge in [0.05, 0.1) is 18.9 Å². The van der Waals surface area contributed by atoms with E-state index in [1.807, 2.05) is 26.0 Å². The molecule has 2 atom stereocenters. The van der Waals surface area contributed by atoms with Gasteiger partial charge in [0.25, 0.3) is 0 Å². The lowest BCUT2D eigenvalue weighted by Crippen LogP contribution is -2.48. The van der Waals surface area contributed by atoms with Crippen molar-refractivity contribution in [2.24, 2.45) is 0 Å². The Kier molecular flexibility index (Phi) is 4.78. The van der Waals surface area contributed by atoms with E-state index in [1.165, 1.54) is 0 Å². The molecule has 110 valence electrons. The number of benzene rings is 1. The Morgan fingerprint density at radius 3 is 2.80 bits per heavy atom. The maximum Gasteiger partial charge on any atom is 0.153 e. The van der Waals surface area contributed by atoms with Gasteiger partial charge in [-0.25, -0.2) is 4.39 Å². The van der Waals surface area contributed by atoms with Crippen molar-refractivity contribution in [2.45, 2.75) is 38.4 Å². The topological polar surface area (TPSA) is 45.4 Å². The normalized spacial score (nSPS) is 16.2. The van der Waals surface area contributed by atoms with Gasteiger partial charge in [0.1, 0.15) is 5.58 Å².